The van der Waals surface area contributed by atoms with Gasteiger partial charge in [0.05, 0.1) is 26.4 Å². The van der Waals surface area contributed by atoms with Crippen LogP contribution in [0.3, 0.4) is 0 Å². The van der Waals surface area contributed by atoms with E-state index < -0.39 is 0 Å². The van der Waals surface area contributed by atoms with Crippen molar-refractivity contribution in [1.29, 1.82) is 0 Å². The van der Waals surface area contributed by atoms with E-state index >= 15 is 0 Å². The normalized spacial score (nSPS) is 14.1. The van der Waals surface area contributed by atoms with Gasteiger partial charge in [-0.2, -0.15) is 0 Å². The molecule has 36 heavy (non-hydrogen) atoms. The SMILES string of the molecule is CCOc1ccc2[nH]c(=O)c(CN(CCCN3CCOCC3)C(=S)Nc3ccc(C)cc3C)cc2c1. The molecule has 0 atom stereocenters. The van der Waals surface area contributed by atoms with Gasteiger partial charge in [0, 0.05) is 48.3 Å². The summed E-state index contributed by atoms with van der Waals surface area (Å²) < 4.78 is 11.1. The first kappa shape index (κ1) is 26.1. The number of rotatable bonds is 9. The number of anilines is 1. The second-order valence-corrected chi connectivity index (χ2v) is 9.67. The van der Waals surface area contributed by atoms with Crippen molar-refractivity contribution in [3.05, 3.63) is 69.5 Å². The van der Waals surface area contributed by atoms with Crippen molar-refractivity contribution in [3.63, 3.8) is 0 Å². The second kappa shape index (κ2) is 12.3. The molecule has 0 unspecified atom stereocenters. The van der Waals surface area contributed by atoms with Crippen LogP contribution in [0.4, 0.5) is 5.69 Å². The van der Waals surface area contributed by atoms with Gasteiger partial charge < -0.3 is 24.7 Å². The van der Waals surface area contributed by atoms with Crippen molar-refractivity contribution in [2.45, 2.75) is 33.7 Å². The van der Waals surface area contributed by atoms with E-state index in [-0.39, 0.29) is 5.56 Å². The molecule has 1 aliphatic heterocycles. The van der Waals surface area contributed by atoms with Gasteiger partial charge in [0.15, 0.2) is 5.11 Å². The third-order valence-corrected chi connectivity index (χ3v) is 6.84. The Kier molecular flexibility index (Phi) is 8.96. The summed E-state index contributed by atoms with van der Waals surface area (Å²) in [5.74, 6) is 0.789. The Morgan fingerprint density at radius 3 is 2.72 bits per heavy atom. The maximum Gasteiger partial charge on any atom is 0.253 e. The molecule has 3 aromatic rings. The van der Waals surface area contributed by atoms with Crippen molar-refractivity contribution in [2.75, 3.05) is 51.3 Å². The van der Waals surface area contributed by atoms with Crippen molar-refractivity contribution < 1.29 is 9.47 Å². The van der Waals surface area contributed by atoms with Crippen LogP contribution in [0.2, 0.25) is 0 Å². The fraction of sp³-hybridized carbons (Fsp3) is 0.429. The number of thiocarbonyl (C=S) groups is 1. The van der Waals surface area contributed by atoms with Gasteiger partial charge >= 0.3 is 0 Å². The summed E-state index contributed by atoms with van der Waals surface area (Å²) in [5.41, 5.74) is 4.70. The Morgan fingerprint density at radius 2 is 1.97 bits per heavy atom. The summed E-state index contributed by atoms with van der Waals surface area (Å²) in [7, 11) is 0. The summed E-state index contributed by atoms with van der Waals surface area (Å²) in [4.78, 5) is 20.5. The maximum absolute atomic E-state index is 13.0. The van der Waals surface area contributed by atoms with E-state index in [1.54, 1.807) is 0 Å². The highest BCUT2D eigenvalue weighted by atomic mass is 32.1. The van der Waals surface area contributed by atoms with Gasteiger partial charge in [0.1, 0.15) is 5.75 Å². The van der Waals surface area contributed by atoms with E-state index in [0.717, 1.165) is 73.7 Å². The maximum atomic E-state index is 13.0. The fourth-order valence-electron chi connectivity index (χ4n) is 4.52. The van der Waals surface area contributed by atoms with E-state index in [1.165, 1.54) is 5.56 Å². The first-order valence-electron chi connectivity index (χ1n) is 12.6. The molecule has 1 aromatic heterocycles. The number of aromatic nitrogens is 1. The van der Waals surface area contributed by atoms with Gasteiger partial charge in [-0.15, -0.1) is 0 Å². The summed E-state index contributed by atoms with van der Waals surface area (Å²) in [6.45, 7) is 12.3. The minimum absolute atomic E-state index is 0.0980. The Hall–Kier alpha value is -2.94. The molecule has 0 aliphatic carbocycles. The number of aryl methyl sites for hydroxylation is 2. The first-order chi connectivity index (χ1) is 17.4. The molecule has 0 spiro atoms. The Labute approximate surface area is 218 Å². The van der Waals surface area contributed by atoms with Crippen LogP contribution in [0.25, 0.3) is 10.9 Å². The topological polar surface area (TPSA) is 69.8 Å². The van der Waals surface area contributed by atoms with E-state index in [1.807, 2.05) is 31.2 Å². The highest BCUT2D eigenvalue weighted by Crippen LogP contribution is 2.21. The molecule has 0 saturated carbocycles. The monoisotopic (exact) mass is 508 g/mol. The highest BCUT2D eigenvalue weighted by molar-refractivity contribution is 7.80. The lowest BCUT2D eigenvalue weighted by molar-refractivity contribution is 0.0367. The number of morpholine rings is 1. The summed E-state index contributed by atoms with van der Waals surface area (Å²) in [6, 6.07) is 13.9. The van der Waals surface area contributed by atoms with Crippen LogP contribution in [-0.4, -0.2) is 65.9 Å². The predicted octanol–water partition coefficient (Wildman–Crippen LogP) is 4.46. The third-order valence-electron chi connectivity index (χ3n) is 6.48. The fourth-order valence-corrected chi connectivity index (χ4v) is 4.79. The molecule has 2 aromatic carbocycles. The van der Waals surface area contributed by atoms with Crippen LogP contribution in [0.15, 0.2) is 47.3 Å². The van der Waals surface area contributed by atoms with Crippen LogP contribution in [0.1, 0.15) is 30.0 Å². The molecule has 0 bridgehead atoms. The Bertz CT molecular complexity index is 1250. The molecule has 2 heterocycles. The van der Waals surface area contributed by atoms with Crippen molar-refractivity contribution >= 4 is 33.9 Å². The first-order valence-corrected chi connectivity index (χ1v) is 13.1. The van der Waals surface area contributed by atoms with E-state index in [9.17, 15) is 4.79 Å². The summed E-state index contributed by atoms with van der Waals surface area (Å²) in [6.07, 6.45) is 0.939. The smallest absolute Gasteiger partial charge is 0.253 e. The van der Waals surface area contributed by atoms with Gasteiger partial charge in [-0.05, 0) is 75.3 Å². The average Bonchev–Trinajstić information content (AvgIpc) is 2.86. The van der Waals surface area contributed by atoms with Gasteiger partial charge in [0.2, 0.25) is 0 Å². The van der Waals surface area contributed by atoms with Crippen LogP contribution in [0.5, 0.6) is 5.75 Å². The van der Waals surface area contributed by atoms with Crippen LogP contribution in [0, 0.1) is 13.8 Å². The largest absolute Gasteiger partial charge is 0.494 e. The van der Waals surface area contributed by atoms with Gasteiger partial charge in [-0.3, -0.25) is 9.69 Å². The number of benzene rings is 2. The molecule has 2 N–H and O–H groups in total. The quantitative estimate of drug-likeness (QED) is 0.414. The second-order valence-electron chi connectivity index (χ2n) is 9.28. The molecule has 1 aliphatic rings. The molecule has 0 radical (unpaired) electrons. The number of ether oxygens (including phenoxy) is 2. The standard InChI is InChI=1S/C28H36N4O3S/c1-4-35-24-7-9-26-22(18-24)17-23(27(33)29-26)19-32(11-5-10-31-12-14-34-15-13-31)28(36)30-25-8-6-20(2)16-21(25)3/h6-9,16-18H,4-5,10-15,19H2,1-3H3,(H,29,33)(H,30,36). The zero-order valence-electron chi connectivity index (χ0n) is 21.4. The number of fused-ring (bicyclic) bond motifs is 1. The number of nitrogens with one attached hydrogen (secondary N) is 2. The van der Waals surface area contributed by atoms with Gasteiger partial charge in [-0.1, -0.05) is 17.7 Å². The molecule has 1 saturated heterocycles. The lowest BCUT2D eigenvalue weighted by Gasteiger charge is -2.30. The minimum atomic E-state index is -0.0980. The lowest BCUT2D eigenvalue weighted by Crippen LogP contribution is -2.40. The van der Waals surface area contributed by atoms with Gasteiger partial charge in [-0.25, -0.2) is 0 Å². The summed E-state index contributed by atoms with van der Waals surface area (Å²) >= 11 is 5.86. The number of hydrogen-bond donors (Lipinski definition) is 2. The highest BCUT2D eigenvalue weighted by Gasteiger charge is 2.16. The number of pyridine rings is 1. The molecule has 8 heteroatoms. The molecular formula is C28H36N4O3S. The van der Waals surface area contributed by atoms with Crippen molar-refractivity contribution in [1.82, 2.24) is 14.8 Å². The Balaban J connectivity index is 1.54. The van der Waals surface area contributed by atoms with Crippen LogP contribution < -0.4 is 15.6 Å². The molecule has 0 amide bonds. The van der Waals surface area contributed by atoms with Gasteiger partial charge in [0.25, 0.3) is 5.56 Å². The number of hydrogen-bond acceptors (Lipinski definition) is 5. The zero-order valence-corrected chi connectivity index (χ0v) is 22.2. The summed E-state index contributed by atoms with van der Waals surface area (Å²) in [5, 5.41) is 4.98. The van der Waals surface area contributed by atoms with Crippen molar-refractivity contribution in [2.24, 2.45) is 0 Å². The van der Waals surface area contributed by atoms with Crippen LogP contribution >= 0.6 is 12.2 Å². The van der Waals surface area contributed by atoms with Crippen molar-refractivity contribution in [3.8, 4) is 5.75 Å². The third kappa shape index (κ3) is 6.84. The van der Waals surface area contributed by atoms with E-state index in [2.05, 4.69) is 52.1 Å². The number of aromatic amines is 1. The van der Waals surface area contributed by atoms with E-state index in [4.69, 9.17) is 21.7 Å². The van der Waals surface area contributed by atoms with E-state index in [0.29, 0.717) is 23.8 Å². The predicted molar refractivity (Wildman–Crippen MR) is 150 cm³/mol. The number of nitrogens with zero attached hydrogens (tertiary/aromatic N) is 2. The molecule has 1 fully saturated rings. The molecular weight excluding hydrogens is 472 g/mol. The average molecular weight is 509 g/mol. The zero-order chi connectivity index (χ0) is 25.5. The minimum Gasteiger partial charge on any atom is -0.494 e. The molecule has 4 rings (SSSR count). The van der Waals surface area contributed by atoms with Crippen LogP contribution in [-0.2, 0) is 11.3 Å². The lowest BCUT2D eigenvalue weighted by atomic mass is 10.1. The Morgan fingerprint density at radius 1 is 1.17 bits per heavy atom. The molecule has 192 valence electrons. The number of H-pyrrole nitrogens is 1. The molecule has 7 nitrogen and oxygen atoms in total.